The Morgan fingerprint density at radius 2 is 1.74 bits per heavy atom. The standard InChI is InChI=1S/C26H38NO7P/c1-25(2,3)34-24(31)26(4)11-9-15(10-12-26)33-20-13-17(19(32-5)14-21(20)35)22(28)27-18-8-6-7-16(18)23(29)30/h13-16,18H,6-12,35H2,1-5H3,(H,27,28)(H,29,30)/t15-,16-,18+,26+/m0/s1. The van der Waals surface area contributed by atoms with Crippen LogP contribution in [-0.2, 0) is 14.3 Å². The number of esters is 1. The van der Waals surface area contributed by atoms with Crippen LogP contribution in [0, 0.1) is 11.3 Å². The lowest BCUT2D eigenvalue weighted by Crippen LogP contribution is -2.41. The highest BCUT2D eigenvalue weighted by atomic mass is 31.0. The van der Waals surface area contributed by atoms with E-state index in [-0.39, 0.29) is 18.0 Å². The van der Waals surface area contributed by atoms with E-state index in [4.69, 9.17) is 14.2 Å². The molecule has 0 saturated heterocycles. The first-order chi connectivity index (χ1) is 16.3. The van der Waals surface area contributed by atoms with Crippen LogP contribution in [0.2, 0.25) is 0 Å². The molecule has 0 radical (unpaired) electrons. The van der Waals surface area contributed by atoms with Crippen LogP contribution in [0.5, 0.6) is 11.5 Å². The lowest BCUT2D eigenvalue weighted by atomic mass is 9.74. The van der Waals surface area contributed by atoms with Gasteiger partial charge >= 0.3 is 11.9 Å². The minimum atomic E-state index is -0.889. The molecule has 2 N–H and O–H groups in total. The second kappa shape index (κ2) is 10.7. The maximum absolute atomic E-state index is 13.1. The number of amides is 1. The number of ether oxygens (including phenoxy) is 3. The summed E-state index contributed by atoms with van der Waals surface area (Å²) in [6.45, 7) is 7.56. The molecule has 0 aliphatic heterocycles. The number of carboxylic acids is 1. The number of hydrogen-bond acceptors (Lipinski definition) is 6. The molecule has 0 aromatic heterocycles. The normalized spacial score (nSPS) is 26.6. The number of nitrogens with one attached hydrogen (secondary N) is 1. The number of carbonyl (C=O) groups excluding carboxylic acids is 2. The average Bonchev–Trinajstić information content (AvgIpc) is 3.23. The summed E-state index contributed by atoms with van der Waals surface area (Å²) in [5, 5.41) is 13.1. The van der Waals surface area contributed by atoms with Gasteiger partial charge in [0.05, 0.1) is 30.1 Å². The highest BCUT2D eigenvalue weighted by molar-refractivity contribution is 7.27. The third-order valence-electron chi connectivity index (χ3n) is 6.95. The summed E-state index contributed by atoms with van der Waals surface area (Å²) in [6, 6.07) is 2.98. The zero-order chi connectivity index (χ0) is 26.0. The van der Waals surface area contributed by atoms with E-state index in [1.54, 1.807) is 12.1 Å². The second-order valence-electron chi connectivity index (χ2n) is 10.9. The third-order valence-corrected chi connectivity index (χ3v) is 7.40. The molecule has 2 saturated carbocycles. The Morgan fingerprint density at radius 1 is 1.09 bits per heavy atom. The SMILES string of the molecule is COc1cc(P)c(O[C@H]2CC[C@@](C)(C(=O)OC(C)(C)C)CC2)cc1C(=O)N[C@@H]1CCC[C@@H]1C(=O)O. The van der Waals surface area contributed by atoms with Crippen molar-refractivity contribution < 1.29 is 33.7 Å². The van der Waals surface area contributed by atoms with Crippen LogP contribution < -0.4 is 20.1 Å². The van der Waals surface area contributed by atoms with E-state index >= 15 is 0 Å². The first-order valence-corrected chi connectivity index (χ1v) is 12.8. The molecule has 1 unspecified atom stereocenters. The lowest BCUT2D eigenvalue weighted by Gasteiger charge is -2.37. The Bertz CT molecular complexity index is 963. The van der Waals surface area contributed by atoms with Gasteiger partial charge in [-0.15, -0.1) is 9.24 Å². The Hall–Kier alpha value is -2.34. The molecular formula is C26H38NO7P. The Morgan fingerprint density at radius 3 is 2.31 bits per heavy atom. The molecule has 3 rings (SSSR count). The van der Waals surface area contributed by atoms with Crippen LogP contribution >= 0.6 is 9.24 Å². The van der Waals surface area contributed by atoms with Gasteiger partial charge in [-0.3, -0.25) is 14.4 Å². The minimum absolute atomic E-state index is 0.0969. The number of rotatable bonds is 7. The van der Waals surface area contributed by atoms with Crippen LogP contribution in [0.3, 0.4) is 0 Å². The minimum Gasteiger partial charge on any atom is -0.496 e. The summed E-state index contributed by atoms with van der Waals surface area (Å²) in [6.07, 6.45) is 4.55. The van der Waals surface area contributed by atoms with Gasteiger partial charge in [0.2, 0.25) is 0 Å². The van der Waals surface area contributed by atoms with Crippen molar-refractivity contribution in [1.82, 2.24) is 5.32 Å². The summed E-state index contributed by atoms with van der Waals surface area (Å²) in [7, 11) is 4.10. The van der Waals surface area contributed by atoms with Gasteiger partial charge in [-0.25, -0.2) is 0 Å². The molecule has 1 aromatic carbocycles. The highest BCUT2D eigenvalue weighted by Crippen LogP contribution is 2.39. The van der Waals surface area contributed by atoms with Crippen molar-refractivity contribution in [2.75, 3.05) is 7.11 Å². The molecule has 1 amide bonds. The van der Waals surface area contributed by atoms with Crippen molar-refractivity contribution in [3.63, 3.8) is 0 Å². The number of hydrogen-bond donors (Lipinski definition) is 2. The fraction of sp³-hybridized carbons (Fsp3) is 0.654. The molecule has 2 aliphatic carbocycles. The van der Waals surface area contributed by atoms with E-state index < -0.39 is 28.9 Å². The Balaban J connectivity index is 1.70. The van der Waals surface area contributed by atoms with E-state index in [1.165, 1.54) is 7.11 Å². The molecule has 2 aliphatic rings. The summed E-state index contributed by atoms with van der Waals surface area (Å²) < 4.78 is 17.3. The molecule has 1 aromatic rings. The molecule has 8 nitrogen and oxygen atoms in total. The molecule has 9 heteroatoms. The molecule has 194 valence electrons. The van der Waals surface area contributed by atoms with Crippen LogP contribution in [0.25, 0.3) is 0 Å². The van der Waals surface area contributed by atoms with Gasteiger partial charge in [0.1, 0.15) is 17.1 Å². The number of carboxylic acid groups (broad SMARTS) is 1. The fourth-order valence-electron chi connectivity index (χ4n) is 4.83. The predicted molar refractivity (Wildman–Crippen MR) is 135 cm³/mol. The predicted octanol–water partition coefficient (Wildman–Crippen LogP) is 3.85. The van der Waals surface area contributed by atoms with Crippen LogP contribution in [0.1, 0.15) is 83.0 Å². The topological polar surface area (TPSA) is 111 Å². The van der Waals surface area contributed by atoms with Crippen LogP contribution in [0.4, 0.5) is 0 Å². The van der Waals surface area contributed by atoms with Crippen molar-refractivity contribution in [1.29, 1.82) is 0 Å². The van der Waals surface area contributed by atoms with Crippen molar-refractivity contribution in [3.05, 3.63) is 17.7 Å². The summed E-state index contributed by atoms with van der Waals surface area (Å²) >= 11 is 0. The van der Waals surface area contributed by atoms with Crippen molar-refractivity contribution in [3.8, 4) is 11.5 Å². The van der Waals surface area contributed by atoms with Gasteiger partial charge in [0, 0.05) is 11.3 Å². The largest absolute Gasteiger partial charge is 0.496 e. The van der Waals surface area contributed by atoms with Gasteiger partial charge < -0.3 is 24.6 Å². The van der Waals surface area contributed by atoms with E-state index in [9.17, 15) is 19.5 Å². The molecule has 35 heavy (non-hydrogen) atoms. The lowest BCUT2D eigenvalue weighted by molar-refractivity contribution is -0.169. The van der Waals surface area contributed by atoms with Crippen molar-refractivity contribution in [2.45, 2.75) is 90.4 Å². The fourth-order valence-corrected chi connectivity index (χ4v) is 5.13. The average molecular weight is 508 g/mol. The van der Waals surface area contributed by atoms with E-state index in [2.05, 4.69) is 14.6 Å². The Labute approximate surface area is 209 Å². The van der Waals surface area contributed by atoms with Crippen molar-refractivity contribution >= 4 is 32.4 Å². The molecule has 3 atom stereocenters. The number of benzene rings is 1. The zero-order valence-corrected chi connectivity index (χ0v) is 22.5. The number of carbonyl (C=O) groups is 3. The molecule has 2 fully saturated rings. The van der Waals surface area contributed by atoms with E-state index in [0.717, 1.165) is 11.7 Å². The smallest absolute Gasteiger partial charge is 0.312 e. The Kier molecular flexibility index (Phi) is 8.36. The summed E-state index contributed by atoms with van der Waals surface area (Å²) in [5.41, 5.74) is -0.756. The van der Waals surface area contributed by atoms with Gasteiger partial charge in [0.25, 0.3) is 5.91 Å². The van der Waals surface area contributed by atoms with Crippen molar-refractivity contribution in [2.24, 2.45) is 11.3 Å². The first kappa shape index (κ1) is 27.3. The van der Waals surface area contributed by atoms with E-state index in [0.29, 0.717) is 55.6 Å². The van der Waals surface area contributed by atoms with Crippen LogP contribution in [0.15, 0.2) is 12.1 Å². The number of aliphatic carboxylic acids is 1. The number of methoxy groups -OCH3 is 1. The summed E-state index contributed by atoms with van der Waals surface area (Å²) in [4.78, 5) is 37.3. The van der Waals surface area contributed by atoms with Crippen LogP contribution in [-0.4, -0.2) is 47.8 Å². The third kappa shape index (κ3) is 6.66. The molecular weight excluding hydrogens is 469 g/mol. The van der Waals surface area contributed by atoms with Gasteiger partial charge in [-0.1, -0.05) is 6.42 Å². The van der Waals surface area contributed by atoms with Gasteiger partial charge in [0.15, 0.2) is 0 Å². The monoisotopic (exact) mass is 507 g/mol. The van der Waals surface area contributed by atoms with Gasteiger partial charge in [-0.05, 0) is 78.4 Å². The molecule has 0 bridgehead atoms. The van der Waals surface area contributed by atoms with E-state index in [1.807, 2.05) is 27.7 Å². The highest BCUT2D eigenvalue weighted by Gasteiger charge is 2.41. The first-order valence-electron chi connectivity index (χ1n) is 12.2. The summed E-state index contributed by atoms with van der Waals surface area (Å²) in [5.74, 6) is -1.08. The molecule has 0 heterocycles. The zero-order valence-electron chi connectivity index (χ0n) is 21.3. The van der Waals surface area contributed by atoms with Gasteiger partial charge in [-0.2, -0.15) is 0 Å². The maximum atomic E-state index is 13.1. The maximum Gasteiger partial charge on any atom is 0.312 e. The molecule has 0 spiro atoms. The second-order valence-corrected chi connectivity index (χ2v) is 11.5. The quantitative estimate of drug-likeness (QED) is 0.426.